The van der Waals surface area contributed by atoms with Crippen molar-refractivity contribution in [2.75, 3.05) is 10.6 Å². The van der Waals surface area contributed by atoms with Crippen LogP contribution in [0.1, 0.15) is 5.56 Å². The molecule has 0 radical (unpaired) electrons. The standard InChI is InChI=1S/C17H15BrN4S/c18-14-8-6-13(7-9-14)11-22-12-16(10-19-22)21-17(23)20-15-4-2-1-3-5-15/h1-10,12H,11H2,(H2,20,21,23). The average Bonchev–Trinajstić information content (AvgIpc) is 2.97. The van der Waals surface area contributed by atoms with Gasteiger partial charge in [-0.25, -0.2) is 0 Å². The number of aromatic nitrogens is 2. The van der Waals surface area contributed by atoms with E-state index in [1.54, 1.807) is 6.20 Å². The summed E-state index contributed by atoms with van der Waals surface area (Å²) in [6.07, 6.45) is 3.69. The first-order valence-electron chi connectivity index (χ1n) is 7.09. The first-order valence-corrected chi connectivity index (χ1v) is 8.29. The molecular weight excluding hydrogens is 372 g/mol. The van der Waals surface area contributed by atoms with E-state index >= 15 is 0 Å². The molecule has 23 heavy (non-hydrogen) atoms. The summed E-state index contributed by atoms with van der Waals surface area (Å²) in [6, 6.07) is 18.0. The van der Waals surface area contributed by atoms with Crippen LogP contribution in [0.15, 0.2) is 71.5 Å². The van der Waals surface area contributed by atoms with Crippen molar-refractivity contribution >= 4 is 44.6 Å². The number of halogens is 1. The second kappa shape index (κ2) is 7.39. The van der Waals surface area contributed by atoms with Gasteiger partial charge in [0.25, 0.3) is 0 Å². The third kappa shape index (κ3) is 4.64. The number of thiocarbonyl (C=S) groups is 1. The third-order valence-corrected chi connectivity index (χ3v) is 3.91. The molecule has 0 saturated carbocycles. The van der Waals surface area contributed by atoms with E-state index in [9.17, 15) is 0 Å². The normalized spacial score (nSPS) is 10.3. The molecule has 0 aliphatic rings. The Morgan fingerprint density at radius 3 is 2.43 bits per heavy atom. The molecule has 0 fully saturated rings. The van der Waals surface area contributed by atoms with Crippen molar-refractivity contribution < 1.29 is 0 Å². The third-order valence-electron chi connectivity index (χ3n) is 3.18. The van der Waals surface area contributed by atoms with Gasteiger partial charge in [0.15, 0.2) is 5.11 Å². The Hall–Kier alpha value is -2.18. The number of hydrogen-bond acceptors (Lipinski definition) is 2. The quantitative estimate of drug-likeness (QED) is 0.647. The smallest absolute Gasteiger partial charge is 0.175 e. The highest BCUT2D eigenvalue weighted by Crippen LogP contribution is 2.13. The summed E-state index contributed by atoms with van der Waals surface area (Å²) in [6.45, 7) is 0.716. The monoisotopic (exact) mass is 386 g/mol. The fourth-order valence-electron chi connectivity index (χ4n) is 2.11. The van der Waals surface area contributed by atoms with Crippen molar-refractivity contribution in [3.63, 3.8) is 0 Å². The first-order chi connectivity index (χ1) is 11.2. The molecule has 4 nitrogen and oxygen atoms in total. The van der Waals surface area contributed by atoms with E-state index < -0.39 is 0 Å². The van der Waals surface area contributed by atoms with Crippen LogP contribution in [0.3, 0.4) is 0 Å². The Morgan fingerprint density at radius 1 is 1.00 bits per heavy atom. The Morgan fingerprint density at radius 2 is 1.70 bits per heavy atom. The zero-order chi connectivity index (χ0) is 16.1. The fourth-order valence-corrected chi connectivity index (χ4v) is 2.61. The number of para-hydroxylation sites is 1. The molecule has 1 heterocycles. The van der Waals surface area contributed by atoms with Gasteiger partial charge in [0.2, 0.25) is 0 Å². The molecular formula is C17H15BrN4S. The molecule has 0 spiro atoms. The van der Waals surface area contributed by atoms with Gasteiger partial charge in [-0.2, -0.15) is 5.10 Å². The zero-order valence-corrected chi connectivity index (χ0v) is 14.6. The van der Waals surface area contributed by atoms with Gasteiger partial charge in [0.05, 0.1) is 18.4 Å². The Balaban J connectivity index is 1.58. The highest BCUT2D eigenvalue weighted by Gasteiger charge is 2.03. The van der Waals surface area contributed by atoms with Crippen LogP contribution in [-0.4, -0.2) is 14.9 Å². The predicted molar refractivity (Wildman–Crippen MR) is 102 cm³/mol. The van der Waals surface area contributed by atoms with Crippen LogP contribution >= 0.6 is 28.1 Å². The second-order valence-electron chi connectivity index (χ2n) is 5.00. The molecule has 1 aromatic heterocycles. The molecule has 3 rings (SSSR count). The number of nitrogens with zero attached hydrogens (tertiary/aromatic N) is 2. The molecule has 116 valence electrons. The number of nitrogens with one attached hydrogen (secondary N) is 2. The minimum atomic E-state index is 0.541. The van der Waals surface area contributed by atoms with E-state index in [1.165, 1.54) is 5.56 Å². The molecule has 2 aromatic carbocycles. The predicted octanol–water partition coefficient (Wildman–Crippen LogP) is 4.50. The van der Waals surface area contributed by atoms with Gasteiger partial charge in [-0.15, -0.1) is 0 Å². The van der Waals surface area contributed by atoms with Crippen molar-refractivity contribution in [2.24, 2.45) is 0 Å². The van der Waals surface area contributed by atoms with Gasteiger partial charge >= 0.3 is 0 Å². The van der Waals surface area contributed by atoms with Crippen molar-refractivity contribution in [2.45, 2.75) is 6.54 Å². The Kier molecular flexibility index (Phi) is 5.05. The van der Waals surface area contributed by atoms with Gasteiger partial charge in [0, 0.05) is 16.4 Å². The Labute approximate surface area is 148 Å². The summed E-state index contributed by atoms with van der Waals surface area (Å²) >= 11 is 8.74. The average molecular weight is 387 g/mol. The summed E-state index contributed by atoms with van der Waals surface area (Å²) < 4.78 is 2.94. The zero-order valence-electron chi connectivity index (χ0n) is 12.2. The van der Waals surface area contributed by atoms with Gasteiger partial charge in [-0.05, 0) is 42.0 Å². The maximum Gasteiger partial charge on any atom is 0.175 e. The minimum Gasteiger partial charge on any atom is -0.332 e. The van der Waals surface area contributed by atoms with Crippen LogP contribution in [0, 0.1) is 0 Å². The first kappa shape index (κ1) is 15.7. The summed E-state index contributed by atoms with van der Waals surface area (Å²) in [5.41, 5.74) is 3.00. The highest BCUT2D eigenvalue weighted by molar-refractivity contribution is 9.10. The molecule has 0 bridgehead atoms. The van der Waals surface area contributed by atoms with Crippen LogP contribution in [-0.2, 0) is 6.54 Å². The number of anilines is 2. The lowest BCUT2D eigenvalue weighted by molar-refractivity contribution is 0.687. The summed E-state index contributed by atoms with van der Waals surface area (Å²) in [5, 5.41) is 11.2. The number of benzene rings is 2. The second-order valence-corrected chi connectivity index (χ2v) is 6.32. The summed E-state index contributed by atoms with van der Waals surface area (Å²) in [5.74, 6) is 0. The summed E-state index contributed by atoms with van der Waals surface area (Å²) in [7, 11) is 0. The van der Waals surface area contributed by atoms with Crippen molar-refractivity contribution in [1.82, 2.24) is 9.78 Å². The maximum absolute atomic E-state index is 5.31. The van der Waals surface area contributed by atoms with Gasteiger partial charge in [0.1, 0.15) is 0 Å². The van der Waals surface area contributed by atoms with Crippen LogP contribution < -0.4 is 10.6 Å². The number of hydrogen-bond donors (Lipinski definition) is 2. The molecule has 2 N–H and O–H groups in total. The highest BCUT2D eigenvalue weighted by atomic mass is 79.9. The van der Waals surface area contributed by atoms with Crippen LogP contribution in [0.2, 0.25) is 0 Å². The van der Waals surface area contributed by atoms with Crippen LogP contribution in [0.25, 0.3) is 0 Å². The lowest BCUT2D eigenvalue weighted by atomic mass is 10.2. The van der Waals surface area contributed by atoms with E-state index in [-0.39, 0.29) is 0 Å². The van der Waals surface area contributed by atoms with E-state index in [4.69, 9.17) is 12.2 Å². The van der Waals surface area contributed by atoms with E-state index in [0.29, 0.717) is 11.7 Å². The van der Waals surface area contributed by atoms with Crippen molar-refractivity contribution in [3.05, 3.63) is 77.0 Å². The van der Waals surface area contributed by atoms with E-state index in [1.807, 2.05) is 53.3 Å². The SMILES string of the molecule is S=C(Nc1ccccc1)Nc1cnn(Cc2ccc(Br)cc2)c1. The van der Waals surface area contributed by atoms with Gasteiger partial charge < -0.3 is 10.6 Å². The molecule has 0 atom stereocenters. The summed E-state index contributed by atoms with van der Waals surface area (Å²) in [4.78, 5) is 0. The van der Waals surface area contributed by atoms with Crippen LogP contribution in [0.4, 0.5) is 11.4 Å². The lowest BCUT2D eigenvalue weighted by Gasteiger charge is -2.08. The Bertz CT molecular complexity index is 784. The van der Waals surface area contributed by atoms with Crippen molar-refractivity contribution in [1.29, 1.82) is 0 Å². The van der Waals surface area contributed by atoms with Crippen molar-refractivity contribution in [3.8, 4) is 0 Å². The fraction of sp³-hybridized carbons (Fsp3) is 0.0588. The lowest BCUT2D eigenvalue weighted by Crippen LogP contribution is -2.18. The van der Waals surface area contributed by atoms with E-state index in [2.05, 4.69) is 43.8 Å². The maximum atomic E-state index is 5.31. The molecule has 6 heteroatoms. The minimum absolute atomic E-state index is 0.541. The molecule has 0 amide bonds. The van der Waals surface area contributed by atoms with Gasteiger partial charge in [-0.1, -0.05) is 46.3 Å². The molecule has 0 unspecified atom stereocenters. The molecule has 0 aliphatic carbocycles. The molecule has 0 saturated heterocycles. The largest absolute Gasteiger partial charge is 0.332 e. The van der Waals surface area contributed by atoms with E-state index in [0.717, 1.165) is 15.8 Å². The molecule has 3 aromatic rings. The van der Waals surface area contributed by atoms with Crippen LogP contribution in [0.5, 0.6) is 0 Å². The number of rotatable bonds is 4. The van der Waals surface area contributed by atoms with Gasteiger partial charge in [-0.3, -0.25) is 4.68 Å². The molecule has 0 aliphatic heterocycles. The topological polar surface area (TPSA) is 41.9 Å².